The lowest BCUT2D eigenvalue weighted by atomic mass is 10.3. The third kappa shape index (κ3) is 4.69. The minimum absolute atomic E-state index is 0.171. The first-order chi connectivity index (χ1) is 8.17. The second-order valence-electron chi connectivity index (χ2n) is 3.67. The van der Waals surface area contributed by atoms with E-state index in [1.165, 1.54) is 12.0 Å². The summed E-state index contributed by atoms with van der Waals surface area (Å²) in [6.07, 6.45) is 0.415. The van der Waals surface area contributed by atoms with Gasteiger partial charge in [0.15, 0.2) is 0 Å². The molecule has 0 aliphatic rings. The van der Waals surface area contributed by atoms with Crippen LogP contribution < -0.4 is 4.90 Å². The lowest BCUT2D eigenvalue weighted by Gasteiger charge is -2.18. The van der Waals surface area contributed by atoms with Crippen molar-refractivity contribution in [1.29, 1.82) is 0 Å². The molecule has 0 atom stereocenters. The van der Waals surface area contributed by atoms with Gasteiger partial charge in [-0.1, -0.05) is 6.92 Å². The molecule has 0 unspecified atom stereocenters. The van der Waals surface area contributed by atoms with E-state index in [1.54, 1.807) is 0 Å². The van der Waals surface area contributed by atoms with Crippen LogP contribution in [0.3, 0.4) is 0 Å². The van der Waals surface area contributed by atoms with Crippen LogP contribution in [0, 0.1) is 0 Å². The zero-order chi connectivity index (χ0) is 12.7. The van der Waals surface area contributed by atoms with Crippen LogP contribution in [0.2, 0.25) is 0 Å². The summed E-state index contributed by atoms with van der Waals surface area (Å²) < 4.78 is 4.62. The maximum atomic E-state index is 11.0. The molecule has 1 aromatic carbocycles. The van der Waals surface area contributed by atoms with Crippen molar-refractivity contribution in [1.82, 2.24) is 0 Å². The van der Waals surface area contributed by atoms with Crippen LogP contribution in [-0.4, -0.2) is 32.4 Å². The fraction of sp³-hybridized carbons (Fsp3) is 0.462. The summed E-state index contributed by atoms with van der Waals surface area (Å²) in [5, 5.41) is 0. The second kappa shape index (κ2) is 7.22. The molecule has 17 heavy (non-hydrogen) atoms. The number of rotatable bonds is 6. The van der Waals surface area contributed by atoms with E-state index in [2.05, 4.69) is 40.8 Å². The third-order valence-electron chi connectivity index (χ3n) is 2.47. The molecule has 0 saturated carbocycles. The van der Waals surface area contributed by atoms with E-state index in [0.29, 0.717) is 13.0 Å². The molecule has 94 valence electrons. The van der Waals surface area contributed by atoms with E-state index in [4.69, 9.17) is 0 Å². The molecule has 0 bridgehead atoms. The standard InChI is InChI=1S/C13H19NO2S/c1-4-17-12-7-5-11(6-8-12)14(2)10-9-13(15)16-3/h5-8H,4,9-10H2,1-3H3. The van der Waals surface area contributed by atoms with Gasteiger partial charge in [-0.3, -0.25) is 4.79 Å². The summed E-state index contributed by atoms with van der Waals surface area (Å²) in [7, 11) is 3.39. The molecule has 0 aromatic heterocycles. The van der Waals surface area contributed by atoms with Gasteiger partial charge in [-0.15, -0.1) is 11.8 Å². The number of anilines is 1. The zero-order valence-corrected chi connectivity index (χ0v) is 11.4. The van der Waals surface area contributed by atoms with Gasteiger partial charge < -0.3 is 9.64 Å². The van der Waals surface area contributed by atoms with Crippen molar-refractivity contribution in [3.05, 3.63) is 24.3 Å². The fourth-order valence-corrected chi connectivity index (χ4v) is 2.12. The van der Waals surface area contributed by atoms with Crippen LogP contribution in [0.5, 0.6) is 0 Å². The first-order valence-corrected chi connectivity index (χ1v) is 6.66. The number of hydrogen-bond acceptors (Lipinski definition) is 4. The third-order valence-corrected chi connectivity index (χ3v) is 3.36. The molecule has 3 nitrogen and oxygen atoms in total. The van der Waals surface area contributed by atoms with E-state index >= 15 is 0 Å². The molecule has 0 spiro atoms. The predicted octanol–water partition coefficient (Wildman–Crippen LogP) is 2.80. The zero-order valence-electron chi connectivity index (χ0n) is 10.6. The molecule has 0 aliphatic carbocycles. The Morgan fingerprint density at radius 1 is 1.35 bits per heavy atom. The molecule has 4 heteroatoms. The predicted molar refractivity (Wildman–Crippen MR) is 72.7 cm³/mol. The SMILES string of the molecule is CCSc1ccc(N(C)CCC(=O)OC)cc1. The Hall–Kier alpha value is -1.16. The minimum Gasteiger partial charge on any atom is -0.469 e. The van der Waals surface area contributed by atoms with Crippen LogP contribution in [0.1, 0.15) is 13.3 Å². The van der Waals surface area contributed by atoms with Gasteiger partial charge in [0, 0.05) is 24.2 Å². The molecular formula is C13H19NO2S. The van der Waals surface area contributed by atoms with Gasteiger partial charge >= 0.3 is 5.97 Å². The van der Waals surface area contributed by atoms with Crippen LogP contribution in [0.25, 0.3) is 0 Å². The van der Waals surface area contributed by atoms with Gasteiger partial charge in [0.2, 0.25) is 0 Å². The molecule has 0 amide bonds. The molecule has 0 fully saturated rings. The monoisotopic (exact) mass is 253 g/mol. The Kier molecular flexibility index (Phi) is 5.91. The largest absolute Gasteiger partial charge is 0.469 e. The van der Waals surface area contributed by atoms with Crippen LogP contribution in [-0.2, 0) is 9.53 Å². The Morgan fingerprint density at radius 2 is 2.00 bits per heavy atom. The first-order valence-electron chi connectivity index (χ1n) is 5.68. The number of nitrogens with zero attached hydrogens (tertiary/aromatic N) is 1. The van der Waals surface area contributed by atoms with Gasteiger partial charge in [0.1, 0.15) is 0 Å². The molecule has 0 aliphatic heterocycles. The van der Waals surface area contributed by atoms with E-state index in [1.807, 2.05) is 18.8 Å². The maximum absolute atomic E-state index is 11.0. The number of benzene rings is 1. The minimum atomic E-state index is -0.171. The molecule has 1 aromatic rings. The van der Waals surface area contributed by atoms with Gasteiger partial charge in [0.25, 0.3) is 0 Å². The van der Waals surface area contributed by atoms with Crippen molar-refractivity contribution < 1.29 is 9.53 Å². The summed E-state index contributed by atoms with van der Waals surface area (Å²) in [6, 6.07) is 8.38. The van der Waals surface area contributed by atoms with Crippen molar-refractivity contribution in [2.45, 2.75) is 18.2 Å². The summed E-state index contributed by atoms with van der Waals surface area (Å²) in [6.45, 7) is 2.81. The number of methoxy groups -OCH3 is 1. The van der Waals surface area contributed by atoms with Gasteiger partial charge in [-0.05, 0) is 30.0 Å². The Labute approximate surface area is 107 Å². The summed E-state index contributed by atoms with van der Waals surface area (Å²) in [4.78, 5) is 14.4. The number of hydrogen-bond donors (Lipinski definition) is 0. The van der Waals surface area contributed by atoms with Crippen molar-refractivity contribution >= 4 is 23.4 Å². The summed E-state index contributed by atoms with van der Waals surface area (Å²) in [5.41, 5.74) is 1.12. The quantitative estimate of drug-likeness (QED) is 0.576. The van der Waals surface area contributed by atoms with Crippen molar-refractivity contribution in [3.63, 3.8) is 0 Å². The van der Waals surface area contributed by atoms with Crippen molar-refractivity contribution in [2.24, 2.45) is 0 Å². The van der Waals surface area contributed by atoms with Crippen molar-refractivity contribution in [2.75, 3.05) is 31.4 Å². The summed E-state index contributed by atoms with van der Waals surface area (Å²) in [5.74, 6) is 0.910. The van der Waals surface area contributed by atoms with Crippen molar-refractivity contribution in [3.8, 4) is 0 Å². The number of esters is 1. The maximum Gasteiger partial charge on any atom is 0.307 e. The van der Waals surface area contributed by atoms with E-state index in [0.717, 1.165) is 11.4 Å². The molecule has 0 N–H and O–H groups in total. The number of carbonyl (C=O) groups is 1. The van der Waals surface area contributed by atoms with E-state index in [9.17, 15) is 4.79 Å². The van der Waals surface area contributed by atoms with E-state index < -0.39 is 0 Å². The van der Waals surface area contributed by atoms with Crippen LogP contribution in [0.4, 0.5) is 5.69 Å². The first kappa shape index (κ1) is 13.9. The number of carbonyl (C=O) groups excluding carboxylic acids is 1. The Morgan fingerprint density at radius 3 is 2.53 bits per heavy atom. The topological polar surface area (TPSA) is 29.5 Å². The highest BCUT2D eigenvalue weighted by atomic mass is 32.2. The highest BCUT2D eigenvalue weighted by molar-refractivity contribution is 7.99. The van der Waals surface area contributed by atoms with Gasteiger partial charge in [-0.2, -0.15) is 0 Å². The molecule has 1 rings (SSSR count). The highest BCUT2D eigenvalue weighted by Crippen LogP contribution is 2.21. The lowest BCUT2D eigenvalue weighted by Crippen LogP contribution is -2.21. The second-order valence-corrected chi connectivity index (χ2v) is 5.01. The average Bonchev–Trinajstić information content (AvgIpc) is 2.36. The molecule has 0 radical (unpaired) electrons. The smallest absolute Gasteiger partial charge is 0.307 e. The lowest BCUT2D eigenvalue weighted by molar-refractivity contribution is -0.140. The van der Waals surface area contributed by atoms with Crippen LogP contribution in [0.15, 0.2) is 29.2 Å². The van der Waals surface area contributed by atoms with Gasteiger partial charge in [0.05, 0.1) is 13.5 Å². The highest BCUT2D eigenvalue weighted by Gasteiger charge is 2.05. The summed E-state index contributed by atoms with van der Waals surface area (Å²) >= 11 is 1.82. The molecule has 0 heterocycles. The van der Waals surface area contributed by atoms with E-state index in [-0.39, 0.29) is 5.97 Å². The molecule has 0 saturated heterocycles. The van der Waals surface area contributed by atoms with Gasteiger partial charge in [-0.25, -0.2) is 0 Å². The van der Waals surface area contributed by atoms with Crippen LogP contribution >= 0.6 is 11.8 Å². The number of ether oxygens (including phenoxy) is 1. The number of thioether (sulfide) groups is 1. The Balaban J connectivity index is 2.51. The normalized spacial score (nSPS) is 10.1. The average molecular weight is 253 g/mol. The molecular weight excluding hydrogens is 234 g/mol. The fourth-order valence-electron chi connectivity index (χ4n) is 1.45. The Bertz CT molecular complexity index is 351.